The highest BCUT2D eigenvalue weighted by Crippen LogP contribution is 2.03. The minimum absolute atomic E-state index is 0.346. The van der Waals surface area contributed by atoms with Gasteiger partial charge in [0.05, 0.1) is 6.10 Å². The molecule has 0 aliphatic heterocycles. The number of anilines is 1. The van der Waals surface area contributed by atoms with E-state index in [1.807, 2.05) is 12.1 Å². The molecule has 0 atom stereocenters. The highest BCUT2D eigenvalue weighted by Gasteiger charge is 1.93. The lowest BCUT2D eigenvalue weighted by atomic mass is 10.3. The third-order valence-corrected chi connectivity index (χ3v) is 2.03. The molecule has 0 amide bonds. The van der Waals surface area contributed by atoms with E-state index in [1.165, 1.54) is 0 Å². The van der Waals surface area contributed by atoms with Crippen LogP contribution in [0.1, 0.15) is 26.7 Å². The Morgan fingerprint density at radius 2 is 2.00 bits per heavy atom. The summed E-state index contributed by atoms with van der Waals surface area (Å²) >= 11 is 0. The summed E-state index contributed by atoms with van der Waals surface area (Å²) in [5.74, 6) is 0. The van der Waals surface area contributed by atoms with Crippen LogP contribution in [0, 0.1) is 0 Å². The number of aromatic nitrogens is 1. The van der Waals surface area contributed by atoms with E-state index in [9.17, 15) is 0 Å². The van der Waals surface area contributed by atoms with Gasteiger partial charge in [0, 0.05) is 31.2 Å². The molecule has 0 radical (unpaired) electrons. The minimum atomic E-state index is 0.346. The lowest BCUT2D eigenvalue weighted by Crippen LogP contribution is -2.06. The van der Waals surface area contributed by atoms with Crippen molar-refractivity contribution in [2.24, 2.45) is 0 Å². The van der Waals surface area contributed by atoms with E-state index < -0.39 is 0 Å². The average Bonchev–Trinajstić information content (AvgIpc) is 2.24. The van der Waals surface area contributed by atoms with Gasteiger partial charge in [0.15, 0.2) is 0 Å². The first-order valence-electron chi connectivity index (χ1n) is 5.54. The van der Waals surface area contributed by atoms with Gasteiger partial charge in [-0.25, -0.2) is 0 Å². The molecule has 3 heteroatoms. The average molecular weight is 208 g/mol. The fourth-order valence-electron chi connectivity index (χ4n) is 1.25. The van der Waals surface area contributed by atoms with Crippen LogP contribution >= 0.6 is 0 Å². The molecule has 3 nitrogen and oxygen atoms in total. The maximum atomic E-state index is 5.46. The Hall–Kier alpha value is -1.09. The second-order valence-electron chi connectivity index (χ2n) is 3.79. The molecule has 0 aromatic carbocycles. The standard InChI is InChI=1S/C12H20N2O/c1-11(2)15-10-4-3-7-14-12-5-8-13-9-6-12/h5-6,8-9,11H,3-4,7,10H2,1-2H3,(H,13,14). The maximum Gasteiger partial charge on any atom is 0.0518 e. The Morgan fingerprint density at radius 1 is 1.27 bits per heavy atom. The van der Waals surface area contributed by atoms with Crippen LogP contribution in [0.15, 0.2) is 24.5 Å². The smallest absolute Gasteiger partial charge is 0.0518 e. The molecule has 0 saturated carbocycles. The third kappa shape index (κ3) is 6.07. The van der Waals surface area contributed by atoms with E-state index in [2.05, 4.69) is 24.1 Å². The summed E-state index contributed by atoms with van der Waals surface area (Å²) in [5, 5.41) is 3.34. The molecule has 1 N–H and O–H groups in total. The third-order valence-electron chi connectivity index (χ3n) is 2.03. The zero-order chi connectivity index (χ0) is 10.9. The first-order chi connectivity index (χ1) is 7.29. The topological polar surface area (TPSA) is 34.1 Å². The van der Waals surface area contributed by atoms with Crippen molar-refractivity contribution in [1.82, 2.24) is 4.98 Å². The Morgan fingerprint density at radius 3 is 2.67 bits per heavy atom. The van der Waals surface area contributed by atoms with Gasteiger partial charge in [-0.05, 0) is 38.8 Å². The molecule has 0 bridgehead atoms. The van der Waals surface area contributed by atoms with Gasteiger partial charge in [-0.1, -0.05) is 0 Å². The lowest BCUT2D eigenvalue weighted by Gasteiger charge is -2.08. The van der Waals surface area contributed by atoms with Crippen LogP contribution in [0.2, 0.25) is 0 Å². The number of pyridine rings is 1. The zero-order valence-electron chi connectivity index (χ0n) is 9.57. The fraction of sp³-hybridized carbons (Fsp3) is 0.583. The van der Waals surface area contributed by atoms with Crippen molar-refractivity contribution in [2.75, 3.05) is 18.5 Å². The van der Waals surface area contributed by atoms with Crippen molar-refractivity contribution in [1.29, 1.82) is 0 Å². The van der Waals surface area contributed by atoms with Crippen molar-refractivity contribution >= 4 is 5.69 Å². The van der Waals surface area contributed by atoms with Crippen LogP contribution in [0.5, 0.6) is 0 Å². The number of nitrogens with one attached hydrogen (secondary N) is 1. The predicted molar refractivity (Wildman–Crippen MR) is 63.0 cm³/mol. The summed E-state index contributed by atoms with van der Waals surface area (Å²) in [5.41, 5.74) is 1.13. The number of hydrogen-bond acceptors (Lipinski definition) is 3. The van der Waals surface area contributed by atoms with Crippen molar-refractivity contribution in [3.8, 4) is 0 Å². The Bertz CT molecular complexity index is 249. The van der Waals surface area contributed by atoms with Crippen molar-refractivity contribution in [3.63, 3.8) is 0 Å². The quantitative estimate of drug-likeness (QED) is 0.699. The highest BCUT2D eigenvalue weighted by atomic mass is 16.5. The van der Waals surface area contributed by atoms with Crippen LogP contribution in [0.3, 0.4) is 0 Å². The van der Waals surface area contributed by atoms with Crippen molar-refractivity contribution in [3.05, 3.63) is 24.5 Å². The van der Waals surface area contributed by atoms with Crippen LogP contribution in [0.25, 0.3) is 0 Å². The Kier molecular flexibility index (Phi) is 5.78. The van der Waals surface area contributed by atoms with Gasteiger partial charge in [0.2, 0.25) is 0 Å². The Balaban J connectivity index is 1.98. The van der Waals surface area contributed by atoms with Gasteiger partial charge >= 0.3 is 0 Å². The first kappa shape index (κ1) is 12.0. The van der Waals surface area contributed by atoms with Crippen molar-refractivity contribution in [2.45, 2.75) is 32.8 Å². The van der Waals surface area contributed by atoms with E-state index in [4.69, 9.17) is 4.74 Å². The maximum absolute atomic E-state index is 5.46. The van der Waals surface area contributed by atoms with E-state index in [0.717, 1.165) is 31.7 Å². The molecule has 1 aromatic heterocycles. The SMILES string of the molecule is CC(C)OCCCCNc1ccncc1. The van der Waals surface area contributed by atoms with Gasteiger partial charge < -0.3 is 10.1 Å². The zero-order valence-corrected chi connectivity index (χ0v) is 9.57. The fourth-order valence-corrected chi connectivity index (χ4v) is 1.25. The number of ether oxygens (including phenoxy) is 1. The monoisotopic (exact) mass is 208 g/mol. The van der Waals surface area contributed by atoms with Gasteiger partial charge in [-0.3, -0.25) is 4.98 Å². The molecule has 84 valence electrons. The largest absolute Gasteiger partial charge is 0.385 e. The molecule has 0 aliphatic carbocycles. The summed E-state index contributed by atoms with van der Waals surface area (Å²) < 4.78 is 5.46. The molecule has 1 rings (SSSR count). The minimum Gasteiger partial charge on any atom is -0.385 e. The summed E-state index contributed by atoms with van der Waals surface area (Å²) in [6.07, 6.45) is 6.18. The second-order valence-corrected chi connectivity index (χ2v) is 3.79. The highest BCUT2D eigenvalue weighted by molar-refractivity contribution is 5.40. The van der Waals surface area contributed by atoms with E-state index in [1.54, 1.807) is 12.4 Å². The predicted octanol–water partition coefficient (Wildman–Crippen LogP) is 2.70. The van der Waals surface area contributed by atoms with Gasteiger partial charge in [0.1, 0.15) is 0 Å². The number of nitrogens with zero attached hydrogens (tertiary/aromatic N) is 1. The molecule has 1 heterocycles. The van der Waals surface area contributed by atoms with Crippen molar-refractivity contribution < 1.29 is 4.74 Å². The molecule has 1 aromatic rings. The summed E-state index contributed by atoms with van der Waals surface area (Å²) in [6.45, 7) is 5.98. The summed E-state index contributed by atoms with van der Waals surface area (Å²) in [7, 11) is 0. The van der Waals surface area contributed by atoms with Gasteiger partial charge in [-0.15, -0.1) is 0 Å². The first-order valence-corrected chi connectivity index (χ1v) is 5.54. The molecule has 0 spiro atoms. The second kappa shape index (κ2) is 7.23. The van der Waals surface area contributed by atoms with Crippen LogP contribution in [-0.4, -0.2) is 24.2 Å². The van der Waals surface area contributed by atoms with Crippen LogP contribution in [-0.2, 0) is 4.74 Å². The number of hydrogen-bond donors (Lipinski definition) is 1. The molecule has 0 aliphatic rings. The molecular weight excluding hydrogens is 188 g/mol. The Labute approximate surface area is 91.9 Å². The molecule has 0 saturated heterocycles. The number of rotatable bonds is 7. The van der Waals surface area contributed by atoms with Crippen LogP contribution < -0.4 is 5.32 Å². The lowest BCUT2D eigenvalue weighted by molar-refractivity contribution is 0.0765. The molecule has 0 unspecified atom stereocenters. The molecular formula is C12H20N2O. The summed E-state index contributed by atoms with van der Waals surface area (Å²) in [6, 6.07) is 3.95. The van der Waals surface area contributed by atoms with Gasteiger partial charge in [-0.2, -0.15) is 0 Å². The molecule has 15 heavy (non-hydrogen) atoms. The van der Waals surface area contributed by atoms with E-state index in [0.29, 0.717) is 6.10 Å². The summed E-state index contributed by atoms with van der Waals surface area (Å²) in [4.78, 5) is 3.96. The normalized spacial score (nSPS) is 10.6. The number of unbranched alkanes of at least 4 members (excludes halogenated alkanes) is 1. The van der Waals surface area contributed by atoms with E-state index >= 15 is 0 Å². The van der Waals surface area contributed by atoms with Crippen LogP contribution in [0.4, 0.5) is 5.69 Å². The van der Waals surface area contributed by atoms with Gasteiger partial charge in [0.25, 0.3) is 0 Å². The molecule has 0 fully saturated rings. The van der Waals surface area contributed by atoms with E-state index in [-0.39, 0.29) is 0 Å².